The predicted molar refractivity (Wildman–Crippen MR) is 67.1 cm³/mol. The minimum atomic E-state index is -0.449. The van der Waals surface area contributed by atoms with E-state index in [0.717, 1.165) is 5.56 Å². The highest BCUT2D eigenvalue weighted by molar-refractivity contribution is 6.30. The molecule has 0 aliphatic carbocycles. The number of hydrogen-bond acceptors (Lipinski definition) is 3. The quantitative estimate of drug-likeness (QED) is 0.794. The summed E-state index contributed by atoms with van der Waals surface area (Å²) < 4.78 is 13.3. The van der Waals surface area contributed by atoms with Crippen LogP contribution in [0.15, 0.2) is 18.2 Å². The van der Waals surface area contributed by atoms with Crippen molar-refractivity contribution in [2.45, 2.75) is 19.4 Å². The fraction of sp³-hybridized carbons (Fsp3) is 0.385. The molecule has 0 fully saturated rings. The van der Waals surface area contributed by atoms with E-state index in [4.69, 9.17) is 22.1 Å². The summed E-state index contributed by atoms with van der Waals surface area (Å²) in [5.41, 5.74) is 0.785. The zero-order chi connectivity index (χ0) is 13.4. The molecule has 0 bridgehead atoms. The van der Waals surface area contributed by atoms with Crippen LogP contribution in [-0.2, 0) is 6.54 Å². The maximum absolute atomic E-state index is 13.3. The molecule has 0 saturated carbocycles. The zero-order valence-electron chi connectivity index (χ0n) is 9.87. The monoisotopic (exact) mass is 265 g/mol. The van der Waals surface area contributed by atoms with Gasteiger partial charge in [0.2, 0.25) is 0 Å². The molecule has 1 aromatic carbocycles. The summed E-state index contributed by atoms with van der Waals surface area (Å²) in [7, 11) is 0. The molecule has 5 heteroatoms. The Morgan fingerprint density at radius 2 is 1.78 bits per heavy atom. The van der Waals surface area contributed by atoms with Crippen LogP contribution in [0.25, 0.3) is 0 Å². The fourth-order valence-corrected chi connectivity index (χ4v) is 1.70. The third kappa shape index (κ3) is 4.71. The van der Waals surface area contributed by atoms with Crippen LogP contribution in [-0.4, -0.2) is 18.0 Å². The molecule has 0 saturated heterocycles. The van der Waals surface area contributed by atoms with Crippen LogP contribution in [0.3, 0.4) is 0 Å². The van der Waals surface area contributed by atoms with Crippen molar-refractivity contribution in [3.05, 3.63) is 34.6 Å². The van der Waals surface area contributed by atoms with Gasteiger partial charge in [0.05, 0.1) is 17.2 Å². The summed E-state index contributed by atoms with van der Waals surface area (Å²) in [6, 6.07) is 8.77. The van der Waals surface area contributed by atoms with E-state index < -0.39 is 5.82 Å². The van der Waals surface area contributed by atoms with Crippen molar-refractivity contribution in [1.29, 1.82) is 10.5 Å². The molecule has 0 aromatic heterocycles. The van der Waals surface area contributed by atoms with E-state index >= 15 is 0 Å². The van der Waals surface area contributed by atoms with Crippen LogP contribution in [0, 0.1) is 28.5 Å². The Kier molecular flexibility index (Phi) is 6.14. The topological polar surface area (TPSA) is 50.8 Å². The summed E-state index contributed by atoms with van der Waals surface area (Å²) in [6.07, 6.45) is 0.781. The molecule has 0 heterocycles. The van der Waals surface area contributed by atoms with E-state index in [1.54, 1.807) is 6.07 Å². The molecule has 18 heavy (non-hydrogen) atoms. The van der Waals surface area contributed by atoms with Crippen molar-refractivity contribution in [1.82, 2.24) is 4.90 Å². The Bertz CT molecular complexity index is 458. The second-order valence-electron chi connectivity index (χ2n) is 3.84. The van der Waals surface area contributed by atoms with Crippen LogP contribution in [0.1, 0.15) is 18.4 Å². The highest BCUT2D eigenvalue weighted by atomic mass is 35.5. The van der Waals surface area contributed by atoms with E-state index in [0.29, 0.717) is 32.5 Å². The van der Waals surface area contributed by atoms with Crippen LogP contribution in [0.2, 0.25) is 5.02 Å². The average Bonchev–Trinajstić information content (AvgIpc) is 2.37. The number of nitriles is 2. The van der Waals surface area contributed by atoms with Gasteiger partial charge in [-0.05, 0) is 17.7 Å². The predicted octanol–water partition coefficient (Wildman–Crippen LogP) is 3.11. The van der Waals surface area contributed by atoms with Gasteiger partial charge in [-0.1, -0.05) is 17.7 Å². The van der Waals surface area contributed by atoms with Crippen molar-refractivity contribution >= 4 is 11.6 Å². The van der Waals surface area contributed by atoms with E-state index in [1.165, 1.54) is 12.1 Å². The molecular weight excluding hydrogens is 253 g/mol. The molecular formula is C13H13ClFN3. The Balaban J connectivity index is 2.66. The molecule has 0 radical (unpaired) electrons. The molecule has 1 rings (SSSR count). The third-order valence-electron chi connectivity index (χ3n) is 2.47. The molecule has 0 aliphatic heterocycles. The second-order valence-corrected chi connectivity index (χ2v) is 4.25. The van der Waals surface area contributed by atoms with Gasteiger partial charge in [0.1, 0.15) is 5.82 Å². The lowest BCUT2D eigenvalue weighted by Crippen LogP contribution is -2.25. The van der Waals surface area contributed by atoms with Crippen molar-refractivity contribution in [3.8, 4) is 12.1 Å². The Morgan fingerprint density at radius 3 is 2.28 bits per heavy atom. The van der Waals surface area contributed by atoms with Gasteiger partial charge in [0.25, 0.3) is 0 Å². The summed E-state index contributed by atoms with van der Waals surface area (Å²) >= 11 is 5.61. The van der Waals surface area contributed by atoms with Crippen molar-refractivity contribution in [3.63, 3.8) is 0 Å². The highest BCUT2D eigenvalue weighted by Crippen LogP contribution is 2.16. The molecule has 0 amide bonds. The first-order valence-electron chi connectivity index (χ1n) is 5.57. The molecule has 3 nitrogen and oxygen atoms in total. The Morgan fingerprint density at radius 1 is 1.17 bits per heavy atom. The lowest BCUT2D eigenvalue weighted by molar-refractivity contribution is 0.277. The van der Waals surface area contributed by atoms with Gasteiger partial charge < -0.3 is 0 Å². The van der Waals surface area contributed by atoms with Crippen molar-refractivity contribution < 1.29 is 4.39 Å². The summed E-state index contributed by atoms with van der Waals surface area (Å²) in [6.45, 7) is 1.66. The molecule has 94 valence electrons. The number of hydrogen-bond donors (Lipinski definition) is 0. The maximum atomic E-state index is 13.3. The Labute approximate surface area is 111 Å². The van der Waals surface area contributed by atoms with Gasteiger partial charge in [0.15, 0.2) is 0 Å². The fourth-order valence-electron chi connectivity index (χ4n) is 1.58. The average molecular weight is 266 g/mol. The second kappa shape index (κ2) is 7.66. The SMILES string of the molecule is N#CCCN(CCC#N)Cc1ccc(Cl)c(F)c1. The zero-order valence-corrected chi connectivity index (χ0v) is 10.6. The molecule has 1 aromatic rings. The first-order chi connectivity index (χ1) is 8.67. The van der Waals surface area contributed by atoms with Gasteiger partial charge in [-0.2, -0.15) is 10.5 Å². The van der Waals surface area contributed by atoms with Crippen molar-refractivity contribution in [2.24, 2.45) is 0 Å². The van der Waals surface area contributed by atoms with Gasteiger partial charge in [-0.25, -0.2) is 4.39 Å². The largest absolute Gasteiger partial charge is 0.297 e. The number of nitrogens with zero attached hydrogens (tertiary/aromatic N) is 3. The normalized spacial score (nSPS) is 10.1. The van der Waals surface area contributed by atoms with E-state index in [1.807, 2.05) is 4.90 Å². The molecule has 0 unspecified atom stereocenters. The first kappa shape index (κ1) is 14.4. The standard InChI is InChI=1S/C13H13ClFN3/c14-12-4-3-11(9-13(12)15)10-18(7-1-5-16)8-2-6-17/h3-4,9H,1-2,7-8,10H2. The van der Waals surface area contributed by atoms with E-state index in [-0.39, 0.29) is 5.02 Å². The van der Waals surface area contributed by atoms with Gasteiger partial charge in [0, 0.05) is 32.5 Å². The number of benzene rings is 1. The Hall–Kier alpha value is -1.62. The smallest absolute Gasteiger partial charge is 0.142 e. The summed E-state index contributed by atoms with van der Waals surface area (Å²) in [5.74, 6) is -0.449. The lowest BCUT2D eigenvalue weighted by Gasteiger charge is -2.19. The van der Waals surface area contributed by atoms with Crippen molar-refractivity contribution in [2.75, 3.05) is 13.1 Å². The lowest BCUT2D eigenvalue weighted by atomic mass is 10.2. The van der Waals surface area contributed by atoms with Crippen LogP contribution >= 0.6 is 11.6 Å². The third-order valence-corrected chi connectivity index (χ3v) is 2.78. The van der Waals surface area contributed by atoms with Crippen LogP contribution in [0.4, 0.5) is 4.39 Å². The number of halogens is 2. The first-order valence-corrected chi connectivity index (χ1v) is 5.95. The van der Waals surface area contributed by atoms with Gasteiger partial charge in [-0.3, -0.25) is 4.90 Å². The minimum Gasteiger partial charge on any atom is -0.297 e. The maximum Gasteiger partial charge on any atom is 0.142 e. The minimum absolute atomic E-state index is 0.0966. The highest BCUT2D eigenvalue weighted by Gasteiger charge is 2.07. The van der Waals surface area contributed by atoms with Gasteiger partial charge in [-0.15, -0.1) is 0 Å². The molecule has 0 aliphatic rings. The van der Waals surface area contributed by atoms with Gasteiger partial charge >= 0.3 is 0 Å². The summed E-state index contributed by atoms with van der Waals surface area (Å²) in [4.78, 5) is 1.95. The van der Waals surface area contributed by atoms with E-state index in [2.05, 4.69) is 12.1 Å². The number of rotatable bonds is 6. The molecule has 0 N–H and O–H groups in total. The molecule has 0 spiro atoms. The van der Waals surface area contributed by atoms with Crippen LogP contribution in [0.5, 0.6) is 0 Å². The molecule has 0 atom stereocenters. The van der Waals surface area contributed by atoms with Crippen LogP contribution < -0.4 is 0 Å². The van der Waals surface area contributed by atoms with E-state index in [9.17, 15) is 4.39 Å². The summed E-state index contributed by atoms with van der Waals surface area (Å²) in [5, 5.41) is 17.2.